The maximum Gasteiger partial charge on any atom is 0.331 e. The van der Waals surface area contributed by atoms with Crippen LogP contribution in [0, 0.1) is 0 Å². The minimum absolute atomic E-state index is 0.00900. The van der Waals surface area contributed by atoms with E-state index in [4.69, 9.17) is 44.6 Å². The zero-order valence-electron chi connectivity index (χ0n) is 9.71. The number of carbonyl (C=O) groups is 2. The topological polar surface area (TPSA) is 75.6 Å². The number of halogens is 3. The highest BCUT2D eigenvalue weighted by Crippen LogP contribution is 2.40. The van der Waals surface area contributed by atoms with Crippen LogP contribution in [0.4, 0.5) is 0 Å². The fraction of sp³-hybridized carbons (Fsp3) is 0.400. The summed E-state index contributed by atoms with van der Waals surface area (Å²) in [5.41, 5.74) is 0. The molecule has 0 spiro atoms. The van der Waals surface area contributed by atoms with E-state index in [1.807, 2.05) is 0 Å². The highest BCUT2D eigenvalue weighted by atomic mass is 35.5. The van der Waals surface area contributed by atoms with Gasteiger partial charge in [0.25, 0.3) is 5.91 Å². The van der Waals surface area contributed by atoms with Crippen molar-refractivity contribution in [2.24, 2.45) is 0 Å². The first kappa shape index (κ1) is 16.5. The summed E-state index contributed by atoms with van der Waals surface area (Å²) in [4.78, 5) is 23.4. The van der Waals surface area contributed by atoms with Crippen molar-refractivity contribution in [1.82, 2.24) is 5.32 Å². The van der Waals surface area contributed by atoms with E-state index in [9.17, 15) is 9.59 Å². The van der Waals surface area contributed by atoms with Gasteiger partial charge in [-0.15, -0.1) is 11.3 Å². The number of hydrogen-bond acceptors (Lipinski definition) is 5. The van der Waals surface area contributed by atoms with Crippen molar-refractivity contribution in [3.8, 4) is 0 Å². The van der Waals surface area contributed by atoms with E-state index in [0.29, 0.717) is 0 Å². The van der Waals surface area contributed by atoms with Crippen LogP contribution in [0.2, 0.25) is 14.4 Å². The van der Waals surface area contributed by atoms with Gasteiger partial charge in [-0.3, -0.25) is 4.79 Å². The van der Waals surface area contributed by atoms with Gasteiger partial charge >= 0.3 is 5.97 Å². The van der Waals surface area contributed by atoms with Crippen LogP contribution in [-0.4, -0.2) is 36.2 Å². The lowest BCUT2D eigenvalue weighted by Crippen LogP contribution is -2.44. The Labute approximate surface area is 128 Å². The molecule has 0 saturated heterocycles. The minimum Gasteiger partial charge on any atom is -0.464 e. The molecule has 1 rings (SSSR count). The fourth-order valence-electron chi connectivity index (χ4n) is 1.16. The minimum atomic E-state index is -1.16. The Balaban J connectivity index is 2.83. The summed E-state index contributed by atoms with van der Waals surface area (Å²) in [6, 6.07) is -1.16. The summed E-state index contributed by atoms with van der Waals surface area (Å²) >= 11 is 18.2. The van der Waals surface area contributed by atoms with Crippen LogP contribution in [0.1, 0.15) is 16.6 Å². The molecule has 1 atom stereocenters. The Morgan fingerprint density at radius 1 is 1.37 bits per heavy atom. The van der Waals surface area contributed by atoms with Crippen molar-refractivity contribution < 1.29 is 19.4 Å². The number of amides is 1. The van der Waals surface area contributed by atoms with Crippen LogP contribution < -0.4 is 5.32 Å². The molecule has 9 heteroatoms. The van der Waals surface area contributed by atoms with Crippen molar-refractivity contribution in [2.75, 3.05) is 13.2 Å². The monoisotopic (exact) mass is 345 g/mol. The molecular formula is C10H10Cl3NO4S. The number of hydrogen-bond donors (Lipinski definition) is 2. The second-order valence-electron chi connectivity index (χ2n) is 3.29. The first-order valence-electron chi connectivity index (χ1n) is 5.14. The molecule has 19 heavy (non-hydrogen) atoms. The molecule has 5 nitrogen and oxygen atoms in total. The molecule has 106 valence electrons. The quantitative estimate of drug-likeness (QED) is 0.803. The predicted octanol–water partition coefficient (Wildman–Crippen LogP) is 2.36. The summed E-state index contributed by atoms with van der Waals surface area (Å²) in [7, 11) is 0. The number of aliphatic hydroxyl groups excluding tert-OH is 1. The Morgan fingerprint density at radius 3 is 2.42 bits per heavy atom. The van der Waals surface area contributed by atoms with Gasteiger partial charge in [-0.2, -0.15) is 0 Å². The Hall–Kier alpha value is -0.530. The normalized spacial score (nSPS) is 12.1. The largest absolute Gasteiger partial charge is 0.464 e. The average molecular weight is 347 g/mol. The van der Waals surface area contributed by atoms with Crippen LogP contribution in [0.25, 0.3) is 0 Å². The van der Waals surface area contributed by atoms with Gasteiger partial charge in [0.1, 0.15) is 9.21 Å². The van der Waals surface area contributed by atoms with E-state index >= 15 is 0 Å². The summed E-state index contributed by atoms with van der Waals surface area (Å²) in [6.45, 7) is 1.17. The van der Waals surface area contributed by atoms with Crippen LogP contribution >= 0.6 is 46.1 Å². The van der Waals surface area contributed by atoms with E-state index in [0.717, 1.165) is 11.3 Å². The molecule has 0 fully saturated rings. The van der Waals surface area contributed by atoms with Crippen LogP contribution in [0.5, 0.6) is 0 Å². The summed E-state index contributed by atoms with van der Waals surface area (Å²) < 4.78 is 4.87. The number of ether oxygens (including phenoxy) is 1. The maximum atomic E-state index is 11.9. The number of carbonyl (C=O) groups excluding carboxylic acids is 2. The first-order chi connectivity index (χ1) is 8.92. The fourth-order valence-corrected chi connectivity index (χ4v) is 2.86. The lowest BCUT2D eigenvalue weighted by atomic mass is 10.3. The van der Waals surface area contributed by atoms with E-state index in [1.54, 1.807) is 6.92 Å². The van der Waals surface area contributed by atoms with Crippen molar-refractivity contribution in [3.63, 3.8) is 0 Å². The van der Waals surface area contributed by atoms with Gasteiger partial charge in [-0.1, -0.05) is 34.8 Å². The van der Waals surface area contributed by atoms with Crippen LogP contribution in [-0.2, 0) is 9.53 Å². The van der Waals surface area contributed by atoms with E-state index < -0.39 is 24.5 Å². The lowest BCUT2D eigenvalue weighted by molar-refractivity contribution is -0.146. The molecule has 0 aliphatic carbocycles. The van der Waals surface area contributed by atoms with E-state index in [1.165, 1.54) is 0 Å². The molecule has 1 aromatic heterocycles. The van der Waals surface area contributed by atoms with Crippen molar-refractivity contribution in [2.45, 2.75) is 13.0 Å². The number of aliphatic hydroxyl groups is 1. The second kappa shape index (κ2) is 7.31. The van der Waals surface area contributed by atoms with Crippen LogP contribution in [0.3, 0.4) is 0 Å². The molecule has 1 amide bonds. The van der Waals surface area contributed by atoms with Crippen molar-refractivity contribution >= 4 is 58.0 Å². The average Bonchev–Trinajstić information content (AvgIpc) is 2.63. The molecular weight excluding hydrogens is 337 g/mol. The molecule has 1 unspecified atom stereocenters. The third-order valence-electron chi connectivity index (χ3n) is 2.02. The smallest absolute Gasteiger partial charge is 0.331 e. The number of esters is 1. The zero-order chi connectivity index (χ0) is 14.6. The number of thiophene rings is 1. The second-order valence-corrected chi connectivity index (χ2v) is 5.67. The summed E-state index contributed by atoms with van der Waals surface area (Å²) in [6.07, 6.45) is 0. The molecule has 0 bridgehead atoms. The highest BCUT2D eigenvalue weighted by molar-refractivity contribution is 7.19. The third-order valence-corrected chi connectivity index (χ3v) is 4.59. The van der Waals surface area contributed by atoms with Gasteiger partial charge < -0.3 is 15.2 Å². The summed E-state index contributed by atoms with van der Waals surface area (Å²) in [5.74, 6) is -1.39. The standard InChI is InChI=1S/C10H10Cl3NO4S/c1-2-18-10(17)4(3-15)14-9(16)7-5(11)6(12)8(13)19-7/h4,15H,2-3H2,1H3,(H,14,16). The third kappa shape index (κ3) is 3.97. The van der Waals surface area contributed by atoms with Gasteiger partial charge in [0, 0.05) is 0 Å². The van der Waals surface area contributed by atoms with Gasteiger partial charge in [0.05, 0.1) is 23.3 Å². The molecule has 2 N–H and O–H groups in total. The molecule has 0 aliphatic rings. The number of rotatable bonds is 5. The van der Waals surface area contributed by atoms with Crippen molar-refractivity contribution in [3.05, 3.63) is 19.3 Å². The molecule has 0 aromatic carbocycles. The summed E-state index contributed by atoms with van der Waals surface area (Å²) in [5, 5.41) is 11.4. The van der Waals surface area contributed by atoms with E-state index in [-0.39, 0.29) is 25.9 Å². The molecule has 0 radical (unpaired) electrons. The van der Waals surface area contributed by atoms with Gasteiger partial charge in [-0.25, -0.2) is 4.79 Å². The van der Waals surface area contributed by atoms with Gasteiger partial charge in [0.2, 0.25) is 0 Å². The predicted molar refractivity (Wildman–Crippen MR) is 74.3 cm³/mol. The molecule has 1 aromatic rings. The Bertz CT molecular complexity index is 491. The zero-order valence-corrected chi connectivity index (χ0v) is 12.8. The van der Waals surface area contributed by atoms with Crippen LogP contribution in [0.15, 0.2) is 0 Å². The van der Waals surface area contributed by atoms with E-state index in [2.05, 4.69) is 5.32 Å². The molecule has 1 heterocycles. The van der Waals surface area contributed by atoms with Crippen molar-refractivity contribution in [1.29, 1.82) is 0 Å². The first-order valence-corrected chi connectivity index (χ1v) is 7.09. The Morgan fingerprint density at radius 2 is 2.00 bits per heavy atom. The van der Waals surface area contributed by atoms with Gasteiger partial charge in [-0.05, 0) is 6.92 Å². The maximum absolute atomic E-state index is 11.9. The highest BCUT2D eigenvalue weighted by Gasteiger charge is 2.25. The Kier molecular flexibility index (Phi) is 6.35. The SMILES string of the molecule is CCOC(=O)C(CO)NC(=O)c1sc(Cl)c(Cl)c1Cl. The molecule has 0 saturated carbocycles. The van der Waals surface area contributed by atoms with Gasteiger partial charge in [0.15, 0.2) is 6.04 Å². The number of nitrogens with one attached hydrogen (secondary N) is 1. The lowest BCUT2D eigenvalue weighted by Gasteiger charge is -2.14. The molecule has 0 aliphatic heterocycles.